The molecule has 4 nitrogen and oxygen atoms in total. The fraction of sp³-hybridized carbons (Fsp3) is 0.500. The van der Waals surface area contributed by atoms with Crippen molar-refractivity contribution in [2.24, 2.45) is 0 Å². The zero-order chi connectivity index (χ0) is 13.1. The molecule has 1 aromatic rings. The standard InChI is InChI=1S/C14H19NO3/c1-3-18-13-6-4-5-11(7-13)10(2)15-9-12(16)8-14(15)17/h4-7,10,12,16H,3,8-9H2,1-2H3. The summed E-state index contributed by atoms with van der Waals surface area (Å²) in [6.07, 6.45) is -0.301. The van der Waals surface area contributed by atoms with Crippen LogP contribution < -0.4 is 4.74 Å². The van der Waals surface area contributed by atoms with Crippen molar-refractivity contribution in [3.63, 3.8) is 0 Å². The highest BCUT2D eigenvalue weighted by Crippen LogP contribution is 2.27. The average molecular weight is 249 g/mol. The molecular weight excluding hydrogens is 230 g/mol. The van der Waals surface area contributed by atoms with E-state index in [1.165, 1.54) is 0 Å². The van der Waals surface area contributed by atoms with E-state index in [2.05, 4.69) is 0 Å². The van der Waals surface area contributed by atoms with Gasteiger partial charge in [0.15, 0.2) is 0 Å². The molecule has 0 radical (unpaired) electrons. The SMILES string of the molecule is CCOc1cccc(C(C)N2CC(O)CC2=O)c1. The lowest BCUT2D eigenvalue weighted by molar-refractivity contribution is -0.129. The molecule has 1 N–H and O–H groups in total. The Bertz CT molecular complexity index is 433. The minimum atomic E-state index is -0.532. The first-order valence-electron chi connectivity index (χ1n) is 6.32. The molecule has 0 bridgehead atoms. The summed E-state index contributed by atoms with van der Waals surface area (Å²) in [5.74, 6) is 0.825. The van der Waals surface area contributed by atoms with Gasteiger partial charge in [-0.1, -0.05) is 12.1 Å². The third-order valence-corrected chi connectivity index (χ3v) is 3.26. The maximum Gasteiger partial charge on any atom is 0.225 e. The number of amides is 1. The Labute approximate surface area is 107 Å². The molecule has 98 valence electrons. The normalized spacial score (nSPS) is 21.2. The minimum absolute atomic E-state index is 0.0109. The summed E-state index contributed by atoms with van der Waals surface area (Å²) in [6.45, 7) is 4.95. The third-order valence-electron chi connectivity index (χ3n) is 3.26. The summed E-state index contributed by atoms with van der Waals surface area (Å²) in [4.78, 5) is 13.5. The number of ether oxygens (including phenoxy) is 1. The van der Waals surface area contributed by atoms with Crippen molar-refractivity contribution in [2.75, 3.05) is 13.2 Å². The topological polar surface area (TPSA) is 49.8 Å². The van der Waals surface area contributed by atoms with E-state index >= 15 is 0 Å². The van der Waals surface area contributed by atoms with Crippen LogP contribution in [0, 0.1) is 0 Å². The van der Waals surface area contributed by atoms with E-state index in [0.29, 0.717) is 13.2 Å². The number of benzene rings is 1. The Hall–Kier alpha value is -1.55. The quantitative estimate of drug-likeness (QED) is 0.884. The lowest BCUT2D eigenvalue weighted by Crippen LogP contribution is -2.29. The molecular formula is C14H19NO3. The summed E-state index contributed by atoms with van der Waals surface area (Å²) in [5, 5.41) is 9.52. The highest BCUT2D eigenvalue weighted by Gasteiger charge is 2.31. The molecule has 0 saturated carbocycles. The molecule has 1 aliphatic rings. The molecule has 0 aromatic heterocycles. The van der Waals surface area contributed by atoms with Crippen molar-refractivity contribution in [3.8, 4) is 5.75 Å². The molecule has 0 spiro atoms. The number of β-amino-alcohol motifs (C(OH)–C–C–N with tert-alkyl or cyclic N) is 1. The maximum absolute atomic E-state index is 11.7. The van der Waals surface area contributed by atoms with Gasteiger partial charge in [0, 0.05) is 6.54 Å². The van der Waals surface area contributed by atoms with Gasteiger partial charge in [0.2, 0.25) is 5.91 Å². The van der Waals surface area contributed by atoms with Gasteiger partial charge in [-0.25, -0.2) is 0 Å². The van der Waals surface area contributed by atoms with Crippen molar-refractivity contribution >= 4 is 5.91 Å². The summed E-state index contributed by atoms with van der Waals surface area (Å²) in [5.41, 5.74) is 1.03. The number of rotatable bonds is 4. The molecule has 4 heteroatoms. The van der Waals surface area contributed by atoms with Crippen LogP contribution >= 0.6 is 0 Å². The molecule has 1 saturated heterocycles. The van der Waals surface area contributed by atoms with Gasteiger partial charge in [0.1, 0.15) is 5.75 Å². The van der Waals surface area contributed by atoms with Crippen LogP contribution in [0.15, 0.2) is 24.3 Å². The number of carbonyl (C=O) groups excluding carboxylic acids is 1. The Balaban J connectivity index is 2.15. The van der Waals surface area contributed by atoms with Crippen molar-refractivity contribution < 1.29 is 14.6 Å². The summed E-state index contributed by atoms with van der Waals surface area (Å²) >= 11 is 0. The van der Waals surface area contributed by atoms with E-state index in [0.717, 1.165) is 11.3 Å². The Morgan fingerprint density at radius 1 is 1.56 bits per heavy atom. The van der Waals surface area contributed by atoms with Gasteiger partial charge < -0.3 is 14.7 Å². The molecule has 2 atom stereocenters. The van der Waals surface area contributed by atoms with Crippen molar-refractivity contribution in [3.05, 3.63) is 29.8 Å². The van der Waals surface area contributed by atoms with Gasteiger partial charge in [0.25, 0.3) is 0 Å². The van der Waals surface area contributed by atoms with Gasteiger partial charge in [-0.3, -0.25) is 4.79 Å². The molecule has 2 unspecified atom stereocenters. The van der Waals surface area contributed by atoms with E-state index in [1.807, 2.05) is 38.1 Å². The van der Waals surface area contributed by atoms with Gasteiger partial charge >= 0.3 is 0 Å². The third kappa shape index (κ3) is 2.64. The van der Waals surface area contributed by atoms with Crippen LogP contribution in [0.5, 0.6) is 5.75 Å². The van der Waals surface area contributed by atoms with Crippen molar-refractivity contribution in [1.29, 1.82) is 0 Å². The lowest BCUT2D eigenvalue weighted by atomic mass is 10.1. The largest absolute Gasteiger partial charge is 0.494 e. The van der Waals surface area contributed by atoms with Crippen LogP contribution in [0.3, 0.4) is 0 Å². The summed E-state index contributed by atoms with van der Waals surface area (Å²) in [7, 11) is 0. The monoisotopic (exact) mass is 249 g/mol. The summed E-state index contributed by atoms with van der Waals surface area (Å²) < 4.78 is 5.45. The van der Waals surface area contributed by atoms with Crippen LogP contribution in [-0.4, -0.2) is 35.2 Å². The number of aliphatic hydroxyl groups excluding tert-OH is 1. The van der Waals surface area contributed by atoms with E-state index in [1.54, 1.807) is 4.90 Å². The van der Waals surface area contributed by atoms with E-state index in [4.69, 9.17) is 4.74 Å². The van der Waals surface area contributed by atoms with E-state index in [9.17, 15) is 9.90 Å². The van der Waals surface area contributed by atoms with Crippen LogP contribution in [0.25, 0.3) is 0 Å². The van der Waals surface area contributed by atoms with Gasteiger partial charge in [-0.2, -0.15) is 0 Å². The predicted molar refractivity (Wildman–Crippen MR) is 68.4 cm³/mol. The molecule has 1 aromatic carbocycles. The van der Waals surface area contributed by atoms with Crippen LogP contribution in [0.4, 0.5) is 0 Å². The van der Waals surface area contributed by atoms with Crippen molar-refractivity contribution in [2.45, 2.75) is 32.4 Å². The average Bonchev–Trinajstić information content (AvgIpc) is 2.68. The Morgan fingerprint density at radius 2 is 2.33 bits per heavy atom. The smallest absolute Gasteiger partial charge is 0.225 e. The number of aliphatic hydroxyl groups is 1. The minimum Gasteiger partial charge on any atom is -0.494 e. The molecule has 0 aliphatic carbocycles. The van der Waals surface area contributed by atoms with Crippen LogP contribution in [-0.2, 0) is 4.79 Å². The van der Waals surface area contributed by atoms with Crippen LogP contribution in [0.2, 0.25) is 0 Å². The first-order chi connectivity index (χ1) is 8.61. The van der Waals surface area contributed by atoms with Gasteiger partial charge in [-0.05, 0) is 31.5 Å². The number of carbonyl (C=O) groups is 1. The zero-order valence-electron chi connectivity index (χ0n) is 10.8. The molecule has 1 heterocycles. The van der Waals surface area contributed by atoms with Gasteiger partial charge in [0.05, 0.1) is 25.2 Å². The maximum atomic E-state index is 11.7. The zero-order valence-corrected chi connectivity index (χ0v) is 10.8. The second kappa shape index (κ2) is 5.40. The Morgan fingerprint density at radius 3 is 2.94 bits per heavy atom. The highest BCUT2D eigenvalue weighted by molar-refractivity contribution is 5.79. The number of hydrogen-bond donors (Lipinski definition) is 1. The fourth-order valence-electron chi connectivity index (χ4n) is 2.30. The van der Waals surface area contributed by atoms with Crippen LogP contribution in [0.1, 0.15) is 31.9 Å². The number of hydrogen-bond acceptors (Lipinski definition) is 3. The number of nitrogens with zero attached hydrogens (tertiary/aromatic N) is 1. The lowest BCUT2D eigenvalue weighted by Gasteiger charge is -2.25. The first-order valence-corrected chi connectivity index (χ1v) is 6.32. The first kappa shape index (κ1) is 12.9. The number of likely N-dealkylation sites (tertiary alicyclic amines) is 1. The predicted octanol–water partition coefficient (Wildman–Crippen LogP) is 1.74. The molecule has 2 rings (SSSR count). The summed E-state index contributed by atoms with van der Waals surface area (Å²) in [6, 6.07) is 7.72. The molecule has 1 aliphatic heterocycles. The van der Waals surface area contributed by atoms with Gasteiger partial charge in [-0.15, -0.1) is 0 Å². The molecule has 1 amide bonds. The highest BCUT2D eigenvalue weighted by atomic mass is 16.5. The second-order valence-corrected chi connectivity index (χ2v) is 4.59. The van der Waals surface area contributed by atoms with E-state index in [-0.39, 0.29) is 18.4 Å². The van der Waals surface area contributed by atoms with E-state index < -0.39 is 6.10 Å². The van der Waals surface area contributed by atoms with Crippen molar-refractivity contribution in [1.82, 2.24) is 4.90 Å². The Kier molecular flexibility index (Phi) is 3.87. The second-order valence-electron chi connectivity index (χ2n) is 4.59. The molecule has 1 fully saturated rings. The molecule has 18 heavy (non-hydrogen) atoms. The fourth-order valence-corrected chi connectivity index (χ4v) is 2.30.